The van der Waals surface area contributed by atoms with E-state index in [1.807, 2.05) is 12.1 Å². The first-order valence-corrected chi connectivity index (χ1v) is 4.73. The van der Waals surface area contributed by atoms with Gasteiger partial charge in [0.15, 0.2) is 11.5 Å². The van der Waals surface area contributed by atoms with Gasteiger partial charge in [-0.25, -0.2) is 0 Å². The monoisotopic (exact) mass is 210 g/mol. The summed E-state index contributed by atoms with van der Waals surface area (Å²) in [6, 6.07) is 7.15. The number of hydrogen-bond acceptors (Lipinski definition) is 4. The van der Waals surface area contributed by atoms with Gasteiger partial charge >= 0.3 is 0 Å². The van der Waals surface area contributed by atoms with Crippen LogP contribution < -0.4 is 9.47 Å². The van der Waals surface area contributed by atoms with Crippen molar-refractivity contribution in [3.63, 3.8) is 0 Å². The number of fused-ring (bicyclic) bond motifs is 1. The summed E-state index contributed by atoms with van der Waals surface area (Å²) in [7, 11) is 1.46. The van der Waals surface area contributed by atoms with Crippen molar-refractivity contribution >= 4 is 0 Å². The quantitative estimate of drug-likeness (QED) is 0.763. The van der Waals surface area contributed by atoms with Crippen LogP contribution in [0.5, 0.6) is 11.5 Å². The Morgan fingerprint density at radius 2 is 1.67 bits per heavy atom. The molecule has 0 radical (unpaired) electrons. The van der Waals surface area contributed by atoms with E-state index in [-0.39, 0.29) is 0 Å². The highest BCUT2D eigenvalue weighted by atomic mass is 16.8. The van der Waals surface area contributed by atoms with Crippen molar-refractivity contribution in [2.45, 2.75) is 25.4 Å². The summed E-state index contributed by atoms with van der Waals surface area (Å²) in [5.74, 6) is -1.65. The van der Waals surface area contributed by atoms with Crippen LogP contribution in [0.4, 0.5) is 0 Å². The molecule has 0 spiro atoms. The molecule has 1 aromatic rings. The van der Waals surface area contributed by atoms with Gasteiger partial charge in [-0.05, 0) is 12.1 Å². The zero-order chi connectivity index (χ0) is 11.1. The van der Waals surface area contributed by atoms with Gasteiger partial charge in [-0.2, -0.15) is 0 Å². The minimum absolute atomic E-state index is 0.511. The van der Waals surface area contributed by atoms with Crippen LogP contribution >= 0.6 is 0 Å². The molecular weight excluding hydrogens is 196 g/mol. The van der Waals surface area contributed by atoms with Crippen LogP contribution in [0, 0.1) is 0 Å². The zero-order valence-corrected chi connectivity index (χ0v) is 8.98. The number of benzene rings is 1. The Labute approximate surface area is 88.4 Å². The Morgan fingerprint density at radius 3 is 2.20 bits per heavy atom. The molecule has 0 unspecified atom stereocenters. The van der Waals surface area contributed by atoms with Gasteiger partial charge < -0.3 is 19.3 Å². The molecule has 1 aromatic carbocycles. The maximum Gasteiger partial charge on any atom is 0.273 e. The van der Waals surface area contributed by atoms with Crippen molar-refractivity contribution in [3.05, 3.63) is 24.3 Å². The van der Waals surface area contributed by atoms with E-state index < -0.39 is 11.6 Å². The second-order valence-corrected chi connectivity index (χ2v) is 3.78. The lowest BCUT2D eigenvalue weighted by Gasteiger charge is -2.44. The van der Waals surface area contributed by atoms with E-state index >= 15 is 0 Å². The van der Waals surface area contributed by atoms with E-state index in [2.05, 4.69) is 0 Å². The van der Waals surface area contributed by atoms with Gasteiger partial charge in [0.1, 0.15) is 0 Å². The third-order valence-corrected chi connectivity index (χ3v) is 2.69. The Bertz CT molecular complexity index is 375. The third kappa shape index (κ3) is 1.46. The molecule has 15 heavy (non-hydrogen) atoms. The van der Waals surface area contributed by atoms with Gasteiger partial charge in [-0.3, -0.25) is 0 Å². The summed E-state index contributed by atoms with van der Waals surface area (Å²) in [6.45, 7) is 3.13. The molecule has 1 aliphatic rings. The van der Waals surface area contributed by atoms with Crippen LogP contribution in [0.3, 0.4) is 0 Å². The number of rotatable bonds is 1. The van der Waals surface area contributed by atoms with Crippen LogP contribution in [-0.2, 0) is 4.74 Å². The van der Waals surface area contributed by atoms with E-state index in [1.54, 1.807) is 19.1 Å². The summed E-state index contributed by atoms with van der Waals surface area (Å²) in [6.07, 6.45) is 0. The van der Waals surface area contributed by atoms with Crippen LogP contribution in [-0.4, -0.2) is 23.8 Å². The molecule has 2 atom stereocenters. The van der Waals surface area contributed by atoms with Gasteiger partial charge in [0.2, 0.25) is 0 Å². The summed E-state index contributed by atoms with van der Waals surface area (Å²) < 4.78 is 16.2. The smallest absolute Gasteiger partial charge is 0.273 e. The molecule has 0 aromatic heterocycles. The van der Waals surface area contributed by atoms with E-state index in [0.29, 0.717) is 11.5 Å². The maximum atomic E-state index is 10.1. The molecule has 0 fully saturated rings. The molecule has 0 saturated carbocycles. The van der Waals surface area contributed by atoms with Crippen LogP contribution in [0.1, 0.15) is 13.8 Å². The largest absolute Gasteiger partial charge is 0.452 e. The first-order valence-electron chi connectivity index (χ1n) is 4.73. The fourth-order valence-corrected chi connectivity index (χ4v) is 1.46. The Hall–Kier alpha value is -1.26. The molecule has 1 aliphatic heterocycles. The first-order chi connectivity index (χ1) is 6.98. The van der Waals surface area contributed by atoms with E-state index in [0.717, 1.165) is 0 Å². The fraction of sp³-hybridized carbons (Fsp3) is 0.455. The minimum Gasteiger partial charge on any atom is -0.452 e. The lowest BCUT2D eigenvalue weighted by molar-refractivity contribution is -0.336. The molecule has 4 heteroatoms. The topological polar surface area (TPSA) is 47.9 Å². The maximum absolute atomic E-state index is 10.1. The highest BCUT2D eigenvalue weighted by molar-refractivity contribution is 5.41. The lowest BCUT2D eigenvalue weighted by atomic mass is 10.1. The van der Waals surface area contributed by atoms with Crippen molar-refractivity contribution in [3.8, 4) is 11.5 Å². The van der Waals surface area contributed by atoms with Crippen molar-refractivity contribution in [1.82, 2.24) is 0 Å². The van der Waals surface area contributed by atoms with E-state index in [4.69, 9.17) is 14.2 Å². The second kappa shape index (κ2) is 3.12. The number of para-hydroxylation sites is 2. The highest BCUT2D eigenvalue weighted by Crippen LogP contribution is 2.42. The van der Waals surface area contributed by atoms with Crippen LogP contribution in [0.25, 0.3) is 0 Å². The van der Waals surface area contributed by atoms with Crippen molar-refractivity contribution in [2.75, 3.05) is 7.11 Å². The van der Waals surface area contributed by atoms with Gasteiger partial charge in [-0.1, -0.05) is 12.1 Å². The number of ether oxygens (including phenoxy) is 3. The molecule has 0 amide bonds. The number of hydrogen-bond donors (Lipinski definition) is 1. The Morgan fingerprint density at radius 1 is 1.13 bits per heavy atom. The van der Waals surface area contributed by atoms with Crippen LogP contribution in [0.15, 0.2) is 24.3 Å². The molecule has 2 rings (SSSR count). The molecule has 1 heterocycles. The van der Waals surface area contributed by atoms with Crippen molar-refractivity contribution in [1.29, 1.82) is 0 Å². The molecule has 4 nitrogen and oxygen atoms in total. The normalized spacial score (nSPS) is 33.9. The van der Waals surface area contributed by atoms with Crippen molar-refractivity contribution in [2.24, 2.45) is 0 Å². The first kappa shape index (κ1) is 10.3. The van der Waals surface area contributed by atoms with Gasteiger partial charge in [0, 0.05) is 21.0 Å². The molecular formula is C11H14O4. The second-order valence-electron chi connectivity index (χ2n) is 3.78. The Balaban J connectivity index is 2.45. The average molecular weight is 210 g/mol. The number of aliphatic hydroxyl groups is 1. The molecule has 82 valence electrons. The summed E-state index contributed by atoms with van der Waals surface area (Å²) in [4.78, 5) is 0. The standard InChI is InChI=1S/C11H14O4/c1-10(12)11(2,13-3)15-9-7-5-4-6-8(9)14-10/h4-7,12H,1-3H3/t10-,11+/m0/s1. The summed E-state index contributed by atoms with van der Waals surface area (Å²) in [5.41, 5.74) is 0. The van der Waals surface area contributed by atoms with Crippen molar-refractivity contribution < 1.29 is 19.3 Å². The van der Waals surface area contributed by atoms with Gasteiger partial charge in [0.25, 0.3) is 11.6 Å². The molecule has 0 saturated heterocycles. The minimum atomic E-state index is -1.52. The van der Waals surface area contributed by atoms with Gasteiger partial charge in [-0.15, -0.1) is 0 Å². The third-order valence-electron chi connectivity index (χ3n) is 2.69. The molecule has 0 bridgehead atoms. The van der Waals surface area contributed by atoms with Crippen LogP contribution in [0.2, 0.25) is 0 Å². The summed E-state index contributed by atoms with van der Waals surface area (Å²) in [5, 5.41) is 10.1. The fourth-order valence-electron chi connectivity index (χ4n) is 1.46. The van der Waals surface area contributed by atoms with E-state index in [1.165, 1.54) is 14.0 Å². The van der Waals surface area contributed by atoms with Gasteiger partial charge in [0.05, 0.1) is 0 Å². The predicted molar refractivity (Wildman–Crippen MR) is 53.7 cm³/mol. The predicted octanol–water partition coefficient (Wildman–Crippen LogP) is 1.53. The lowest BCUT2D eigenvalue weighted by Crippen LogP contribution is -2.61. The average Bonchev–Trinajstić information content (AvgIpc) is 2.19. The zero-order valence-electron chi connectivity index (χ0n) is 8.98. The summed E-state index contributed by atoms with van der Waals surface area (Å²) >= 11 is 0. The molecule has 0 aliphatic carbocycles. The highest BCUT2D eigenvalue weighted by Gasteiger charge is 2.52. The Kier molecular flexibility index (Phi) is 2.13. The SMILES string of the molecule is CO[C@]1(C)Oc2ccccc2O[C@]1(C)O. The molecule has 1 N–H and O–H groups in total. The number of methoxy groups -OCH3 is 1. The van der Waals surface area contributed by atoms with E-state index in [9.17, 15) is 5.11 Å².